The number of imide groups is 1. The number of hydrogen-bond donors (Lipinski definition) is 0. The summed E-state index contributed by atoms with van der Waals surface area (Å²) in [6, 6.07) is 3.05. The molecule has 0 saturated heterocycles. The van der Waals surface area contributed by atoms with Gasteiger partial charge in [-0.3, -0.25) is 0 Å². The van der Waals surface area contributed by atoms with Gasteiger partial charge in [-0.05, 0) is 66.2 Å². The van der Waals surface area contributed by atoms with Gasteiger partial charge in [-0.2, -0.15) is 4.90 Å². The standard InChI is InChI=1S/C20H27Br2NO6/c1-8-27-16(24)13-10-14(22)12(11-21)9-15(13)23(17(25)28-19(2,3)4)18(26)29-20(5,6)7/h9-10H,8,11H2,1-7H3. The average Bonchev–Trinajstić information content (AvgIpc) is 2.52. The molecule has 2 amide bonds. The SMILES string of the molecule is CCOC(=O)c1cc(Br)c(CBr)cc1N(C(=O)OC(C)(C)C)C(=O)OC(C)(C)C. The van der Waals surface area contributed by atoms with Gasteiger partial charge < -0.3 is 14.2 Å². The molecule has 1 rings (SSSR count). The molecule has 1 aromatic carbocycles. The predicted molar refractivity (Wildman–Crippen MR) is 118 cm³/mol. The molecule has 0 bridgehead atoms. The molecule has 0 heterocycles. The summed E-state index contributed by atoms with van der Waals surface area (Å²) in [6.07, 6.45) is -1.92. The summed E-state index contributed by atoms with van der Waals surface area (Å²) in [6.45, 7) is 11.9. The molecule has 0 radical (unpaired) electrons. The second kappa shape index (κ2) is 9.93. The van der Waals surface area contributed by atoms with Crippen LogP contribution < -0.4 is 4.90 Å². The van der Waals surface area contributed by atoms with Crippen LogP contribution in [-0.4, -0.2) is 36.0 Å². The first-order valence-corrected chi connectivity index (χ1v) is 10.9. The van der Waals surface area contributed by atoms with Crippen LogP contribution in [0.1, 0.15) is 64.4 Å². The lowest BCUT2D eigenvalue weighted by Gasteiger charge is -2.29. The first-order chi connectivity index (χ1) is 13.2. The van der Waals surface area contributed by atoms with Crippen molar-refractivity contribution >= 4 is 55.7 Å². The number of rotatable bonds is 4. The van der Waals surface area contributed by atoms with Gasteiger partial charge in [0.1, 0.15) is 11.2 Å². The number of anilines is 1. The second-order valence-corrected chi connectivity index (χ2v) is 9.53. The van der Waals surface area contributed by atoms with Crippen molar-refractivity contribution < 1.29 is 28.6 Å². The molecule has 0 unspecified atom stereocenters. The highest BCUT2D eigenvalue weighted by Gasteiger charge is 2.35. The summed E-state index contributed by atoms with van der Waals surface area (Å²) in [5, 5.41) is 0.417. The fraction of sp³-hybridized carbons (Fsp3) is 0.550. The number of halogens is 2. The van der Waals surface area contributed by atoms with Crippen molar-refractivity contribution in [2.45, 2.75) is 65.0 Å². The quantitative estimate of drug-likeness (QED) is 0.259. The third-order valence-corrected chi connectivity index (χ3v) is 4.54. The van der Waals surface area contributed by atoms with Crippen LogP contribution in [0, 0.1) is 0 Å². The molecule has 162 valence electrons. The molecule has 0 N–H and O–H groups in total. The first-order valence-electron chi connectivity index (χ1n) is 9.01. The molecular formula is C20H27Br2NO6. The van der Waals surface area contributed by atoms with Gasteiger partial charge in [0.15, 0.2) is 0 Å². The minimum absolute atomic E-state index is 0.0181. The topological polar surface area (TPSA) is 82.1 Å². The zero-order valence-corrected chi connectivity index (χ0v) is 20.9. The summed E-state index contributed by atoms with van der Waals surface area (Å²) < 4.78 is 16.5. The second-order valence-electron chi connectivity index (χ2n) is 8.11. The third-order valence-electron chi connectivity index (χ3n) is 3.20. The number of esters is 1. The minimum atomic E-state index is -0.958. The van der Waals surface area contributed by atoms with E-state index in [1.807, 2.05) is 0 Å². The lowest BCUT2D eigenvalue weighted by atomic mass is 10.1. The lowest BCUT2D eigenvalue weighted by molar-refractivity contribution is 0.0430. The van der Waals surface area contributed by atoms with E-state index in [1.165, 1.54) is 6.07 Å². The zero-order valence-electron chi connectivity index (χ0n) is 17.7. The molecule has 9 heteroatoms. The summed E-state index contributed by atoms with van der Waals surface area (Å²) >= 11 is 6.75. The Hall–Kier alpha value is -1.61. The van der Waals surface area contributed by atoms with Crippen molar-refractivity contribution in [1.29, 1.82) is 0 Å². The maximum Gasteiger partial charge on any atom is 0.424 e. The molecule has 0 aromatic heterocycles. The molecule has 0 aliphatic carbocycles. The normalized spacial score (nSPS) is 11.6. The summed E-state index contributed by atoms with van der Waals surface area (Å²) in [5.41, 5.74) is -0.973. The van der Waals surface area contributed by atoms with E-state index in [4.69, 9.17) is 14.2 Å². The van der Waals surface area contributed by atoms with Crippen LogP contribution in [0.2, 0.25) is 0 Å². The number of amides is 2. The number of carbonyl (C=O) groups is 3. The van der Waals surface area contributed by atoms with E-state index in [0.717, 1.165) is 4.90 Å². The van der Waals surface area contributed by atoms with E-state index in [1.54, 1.807) is 54.5 Å². The van der Waals surface area contributed by atoms with E-state index >= 15 is 0 Å². The number of ether oxygens (including phenoxy) is 3. The van der Waals surface area contributed by atoms with Crippen molar-refractivity contribution in [2.75, 3.05) is 11.5 Å². The monoisotopic (exact) mass is 535 g/mol. The Bertz CT molecular complexity index is 752. The molecule has 0 fully saturated rings. The van der Waals surface area contributed by atoms with Crippen LogP contribution in [0.5, 0.6) is 0 Å². The van der Waals surface area contributed by atoms with E-state index in [-0.39, 0.29) is 17.9 Å². The molecule has 0 atom stereocenters. The van der Waals surface area contributed by atoms with Crippen LogP contribution in [-0.2, 0) is 19.5 Å². The van der Waals surface area contributed by atoms with Gasteiger partial charge in [-0.25, -0.2) is 14.4 Å². The van der Waals surface area contributed by atoms with Crippen LogP contribution in [0.25, 0.3) is 0 Å². The van der Waals surface area contributed by atoms with Crippen molar-refractivity contribution in [2.24, 2.45) is 0 Å². The number of hydrogen-bond acceptors (Lipinski definition) is 6. The number of benzene rings is 1. The predicted octanol–water partition coefficient (Wildman–Crippen LogP) is 6.20. The Balaban J connectivity index is 3.66. The van der Waals surface area contributed by atoms with Crippen molar-refractivity contribution in [3.8, 4) is 0 Å². The third kappa shape index (κ3) is 7.62. The maximum absolute atomic E-state index is 12.9. The highest BCUT2D eigenvalue weighted by molar-refractivity contribution is 9.10. The van der Waals surface area contributed by atoms with E-state index in [2.05, 4.69) is 31.9 Å². The zero-order chi connectivity index (χ0) is 22.6. The Morgan fingerprint density at radius 1 is 0.966 bits per heavy atom. The Labute approximate surface area is 188 Å². The van der Waals surface area contributed by atoms with Crippen LogP contribution in [0.4, 0.5) is 15.3 Å². The highest BCUT2D eigenvalue weighted by atomic mass is 79.9. The van der Waals surface area contributed by atoms with Crippen LogP contribution >= 0.6 is 31.9 Å². The van der Waals surface area contributed by atoms with Gasteiger partial charge in [0.05, 0.1) is 17.9 Å². The van der Waals surface area contributed by atoms with E-state index < -0.39 is 29.4 Å². The molecular weight excluding hydrogens is 510 g/mol. The molecule has 1 aromatic rings. The van der Waals surface area contributed by atoms with Gasteiger partial charge in [0, 0.05) is 9.80 Å². The minimum Gasteiger partial charge on any atom is -0.462 e. The maximum atomic E-state index is 12.9. The largest absolute Gasteiger partial charge is 0.462 e. The van der Waals surface area contributed by atoms with Gasteiger partial charge >= 0.3 is 18.2 Å². The molecule has 0 aliphatic heterocycles. The Kier molecular flexibility index (Phi) is 8.71. The highest BCUT2D eigenvalue weighted by Crippen LogP contribution is 2.32. The fourth-order valence-corrected chi connectivity index (χ4v) is 3.47. The molecule has 7 nitrogen and oxygen atoms in total. The van der Waals surface area contributed by atoms with E-state index in [0.29, 0.717) is 15.4 Å². The smallest absolute Gasteiger partial charge is 0.424 e. The van der Waals surface area contributed by atoms with Gasteiger partial charge in [0.25, 0.3) is 0 Å². The fourth-order valence-electron chi connectivity index (χ4n) is 2.15. The molecule has 29 heavy (non-hydrogen) atoms. The van der Waals surface area contributed by atoms with Crippen molar-refractivity contribution in [3.05, 3.63) is 27.7 Å². The Morgan fingerprint density at radius 3 is 1.83 bits per heavy atom. The molecule has 0 spiro atoms. The van der Waals surface area contributed by atoms with Crippen molar-refractivity contribution in [3.63, 3.8) is 0 Å². The summed E-state index contributed by atoms with van der Waals surface area (Å²) in [5.74, 6) is -0.679. The van der Waals surface area contributed by atoms with Crippen molar-refractivity contribution in [1.82, 2.24) is 0 Å². The van der Waals surface area contributed by atoms with Gasteiger partial charge in [-0.1, -0.05) is 31.9 Å². The van der Waals surface area contributed by atoms with E-state index in [9.17, 15) is 14.4 Å². The first kappa shape index (κ1) is 25.4. The summed E-state index contributed by atoms with van der Waals surface area (Å²) in [7, 11) is 0. The Morgan fingerprint density at radius 2 is 1.45 bits per heavy atom. The molecule has 0 saturated carbocycles. The molecule has 0 aliphatic rings. The number of nitrogens with zero attached hydrogens (tertiary/aromatic N) is 1. The van der Waals surface area contributed by atoms with Gasteiger partial charge in [0.2, 0.25) is 0 Å². The number of alkyl halides is 1. The lowest BCUT2D eigenvalue weighted by Crippen LogP contribution is -2.44. The average molecular weight is 537 g/mol. The van der Waals surface area contributed by atoms with Crippen LogP contribution in [0.15, 0.2) is 16.6 Å². The van der Waals surface area contributed by atoms with Crippen LogP contribution in [0.3, 0.4) is 0 Å². The summed E-state index contributed by atoms with van der Waals surface area (Å²) in [4.78, 5) is 39.1. The van der Waals surface area contributed by atoms with Gasteiger partial charge in [-0.15, -0.1) is 0 Å². The number of carbonyl (C=O) groups excluding carboxylic acids is 3.